The van der Waals surface area contributed by atoms with E-state index >= 15 is 0 Å². The molecule has 80 heavy (non-hydrogen) atoms. The Kier molecular flexibility index (Phi) is 43.2. The van der Waals surface area contributed by atoms with Crippen molar-refractivity contribution in [3.05, 3.63) is 146 Å². The lowest BCUT2D eigenvalue weighted by molar-refractivity contribution is -0.127. The fourth-order valence-electron chi connectivity index (χ4n) is 7.89. The van der Waals surface area contributed by atoms with E-state index in [0.717, 1.165) is 12.8 Å². The number of allylic oxidation sites excluding steroid dienone is 14. The average molecular weight is 1120 g/mol. The summed E-state index contributed by atoms with van der Waals surface area (Å²) in [5.41, 5.74) is 5.90. The fourth-order valence-corrected chi connectivity index (χ4v) is 7.89. The molecule has 0 spiro atoms. The molecule has 0 aliphatic rings. The first-order valence-corrected chi connectivity index (χ1v) is 28.5. The first-order chi connectivity index (χ1) is 37.8. The second kappa shape index (κ2) is 45.9. The Balaban J connectivity index is 4.46. The van der Waals surface area contributed by atoms with Gasteiger partial charge in [0.2, 0.25) is 0 Å². The third-order valence-electron chi connectivity index (χ3n) is 12.8. The number of carbonyl (C=O) groups excluding carboxylic acids is 1. The van der Waals surface area contributed by atoms with Crippen LogP contribution >= 0.6 is 0 Å². The minimum absolute atomic E-state index is 0.0123. The van der Waals surface area contributed by atoms with Gasteiger partial charge in [0.25, 0.3) is 0 Å². The van der Waals surface area contributed by atoms with Gasteiger partial charge in [0.15, 0.2) is 5.96 Å². The van der Waals surface area contributed by atoms with Crippen LogP contribution < -0.4 is 11.1 Å². The summed E-state index contributed by atoms with van der Waals surface area (Å²) in [6.07, 6.45) is 32.0. The van der Waals surface area contributed by atoms with Crippen molar-refractivity contribution >= 4 is 11.7 Å². The molecule has 15 atom stereocenters. The van der Waals surface area contributed by atoms with Crippen LogP contribution in [0.5, 0.6) is 0 Å². The van der Waals surface area contributed by atoms with Gasteiger partial charge in [-0.1, -0.05) is 188 Å². The molecule has 0 fully saturated rings. The normalized spacial score (nSPS) is 19.4. The number of nitrogens with zero attached hydrogens (tertiary/aromatic N) is 1. The molecular formula is C64H105N3O13. The van der Waals surface area contributed by atoms with Crippen LogP contribution in [0.1, 0.15) is 131 Å². The third-order valence-corrected chi connectivity index (χ3v) is 12.8. The molecule has 0 aromatic carbocycles. The van der Waals surface area contributed by atoms with Crippen LogP contribution in [0.25, 0.3) is 0 Å². The van der Waals surface area contributed by atoms with Crippen LogP contribution in [-0.2, 0) is 4.79 Å². The number of unbranched alkanes of at least 4 members (excludes halogenated alkanes) is 1. The molecule has 15 N–H and O–H groups in total. The molecule has 0 radical (unpaired) electrons. The molecule has 16 heteroatoms. The second-order valence-corrected chi connectivity index (χ2v) is 22.1. The van der Waals surface area contributed by atoms with E-state index in [1.165, 1.54) is 30.4 Å². The van der Waals surface area contributed by atoms with E-state index in [9.17, 15) is 66.1 Å². The van der Waals surface area contributed by atoms with Crippen LogP contribution in [0.2, 0.25) is 0 Å². The summed E-state index contributed by atoms with van der Waals surface area (Å²) in [6.45, 7) is 16.3. The van der Waals surface area contributed by atoms with E-state index in [0.29, 0.717) is 31.9 Å². The standard InChI is InChI=1S/C64H105N3O13/c1-8-9-10-11-19-22-29-47(2)62(80)49(4)60(78)38-24-21-18-16-14-12-13-15-17-20-23-37-59(77)48(3)61(79)45-58(76)44-55(73)35-27-34-54(72)43-57(75)42-53(71)33-26-32-51(69)40-50(68)30-25-31-52(70)41-56(74)36-28-39-66-63(65)67-46-64(5,6)7/h8-10,12-18,20-27,29-30,33,35,38,47-60,62,68-78,80H,1,11,19,28,31-32,34,36-37,39-46H2,2-7H3,(H3,65,66,67). The summed E-state index contributed by atoms with van der Waals surface area (Å²) >= 11 is 0. The van der Waals surface area contributed by atoms with Crippen molar-refractivity contribution < 1.29 is 66.1 Å². The summed E-state index contributed by atoms with van der Waals surface area (Å²) in [4.78, 5) is 17.1. The molecule has 16 nitrogen and oxygen atoms in total. The Morgan fingerprint density at radius 2 is 1.01 bits per heavy atom. The van der Waals surface area contributed by atoms with Crippen LogP contribution in [-0.4, -0.2) is 159 Å². The second-order valence-electron chi connectivity index (χ2n) is 22.1. The number of hydrogen-bond donors (Lipinski definition) is 14. The highest BCUT2D eigenvalue weighted by atomic mass is 16.3. The van der Waals surface area contributed by atoms with Gasteiger partial charge in [0, 0.05) is 56.5 Å². The van der Waals surface area contributed by atoms with E-state index in [2.05, 4.69) is 37.7 Å². The van der Waals surface area contributed by atoms with Crippen molar-refractivity contribution in [1.82, 2.24) is 5.32 Å². The fraction of sp³-hybridized carbons (Fsp3) is 0.594. The lowest BCUT2D eigenvalue weighted by Gasteiger charge is -2.25. The first kappa shape index (κ1) is 75.3. The van der Waals surface area contributed by atoms with E-state index in [-0.39, 0.29) is 87.2 Å². The van der Waals surface area contributed by atoms with Gasteiger partial charge >= 0.3 is 0 Å². The maximum atomic E-state index is 12.8. The van der Waals surface area contributed by atoms with E-state index in [1.807, 2.05) is 74.6 Å². The molecule has 0 aromatic heterocycles. The van der Waals surface area contributed by atoms with E-state index < -0.39 is 79.2 Å². The van der Waals surface area contributed by atoms with Gasteiger partial charge in [-0.05, 0) is 69.6 Å². The largest absolute Gasteiger partial charge is 0.393 e. The van der Waals surface area contributed by atoms with E-state index in [4.69, 9.17) is 5.73 Å². The van der Waals surface area contributed by atoms with Gasteiger partial charge in [-0.2, -0.15) is 0 Å². The predicted molar refractivity (Wildman–Crippen MR) is 324 cm³/mol. The monoisotopic (exact) mass is 1120 g/mol. The van der Waals surface area contributed by atoms with Gasteiger partial charge < -0.3 is 72.3 Å². The number of nitrogens with two attached hydrogens (primary N) is 1. The van der Waals surface area contributed by atoms with Gasteiger partial charge in [-0.3, -0.25) is 9.79 Å². The Morgan fingerprint density at radius 3 is 1.55 bits per heavy atom. The van der Waals surface area contributed by atoms with Gasteiger partial charge in [-0.15, -0.1) is 0 Å². The van der Waals surface area contributed by atoms with Gasteiger partial charge in [0.05, 0.1) is 73.2 Å². The van der Waals surface area contributed by atoms with Crippen molar-refractivity contribution in [2.75, 3.05) is 13.1 Å². The SMILES string of the molecule is C=CC=CCCC=CC(C)C(O)C(C)C(O)C=CC=CC=CC=CC=CC=CCC(O)C(C)C(=O)CC(O)CC(O)C=CCC(O)CC(O)CC(O)C=CCC(O)CC(O)C=CCC(O)CC(O)CCCNC(N)=NCC(C)(C)C. The molecule has 0 saturated carbocycles. The summed E-state index contributed by atoms with van der Waals surface area (Å²) in [7, 11) is 0. The van der Waals surface area contributed by atoms with Crippen molar-refractivity contribution in [2.45, 2.75) is 205 Å². The minimum atomic E-state index is -1.16. The zero-order chi connectivity index (χ0) is 60.3. The summed E-state index contributed by atoms with van der Waals surface area (Å²) in [6, 6.07) is 0. The lowest BCUT2D eigenvalue weighted by atomic mass is 9.88. The average Bonchev–Trinajstić information content (AvgIpc) is 3.37. The quantitative estimate of drug-likeness (QED) is 0.0102. The lowest BCUT2D eigenvalue weighted by Crippen LogP contribution is -2.33. The molecule has 0 aromatic rings. The number of guanidine groups is 1. The zero-order valence-electron chi connectivity index (χ0n) is 48.8. The maximum absolute atomic E-state index is 12.8. The highest BCUT2D eigenvalue weighted by molar-refractivity contribution is 5.81. The van der Waals surface area contributed by atoms with Crippen molar-refractivity contribution in [1.29, 1.82) is 0 Å². The number of aliphatic imine (C=N–C) groups is 1. The topological polar surface area (TPSA) is 310 Å². The van der Waals surface area contributed by atoms with Crippen LogP contribution in [0, 0.1) is 23.2 Å². The van der Waals surface area contributed by atoms with Gasteiger partial charge in [0.1, 0.15) is 5.78 Å². The number of aliphatic hydroxyl groups is 12. The highest BCUT2D eigenvalue weighted by Gasteiger charge is 2.25. The van der Waals surface area contributed by atoms with Crippen molar-refractivity contribution in [2.24, 2.45) is 33.9 Å². The number of hydrogen-bond acceptors (Lipinski definition) is 14. The molecular weight excluding hydrogens is 1020 g/mol. The number of nitrogens with one attached hydrogen (secondary N) is 1. The van der Waals surface area contributed by atoms with Crippen LogP contribution in [0.4, 0.5) is 0 Å². The van der Waals surface area contributed by atoms with Crippen molar-refractivity contribution in [3.8, 4) is 0 Å². The Labute approximate surface area is 479 Å². The molecule has 0 bridgehead atoms. The highest BCUT2D eigenvalue weighted by Crippen LogP contribution is 2.20. The molecule has 0 aliphatic heterocycles. The number of carbonyl (C=O) groups is 1. The molecule has 0 saturated heterocycles. The van der Waals surface area contributed by atoms with Crippen molar-refractivity contribution in [3.63, 3.8) is 0 Å². The number of ketones is 1. The smallest absolute Gasteiger partial charge is 0.188 e. The molecule has 0 aliphatic carbocycles. The predicted octanol–water partition coefficient (Wildman–Crippen LogP) is 6.51. The summed E-state index contributed by atoms with van der Waals surface area (Å²) < 4.78 is 0. The Bertz CT molecular complexity index is 2000. The first-order valence-electron chi connectivity index (χ1n) is 28.5. The molecule has 15 unspecified atom stereocenters. The number of rotatable bonds is 44. The molecule has 0 amide bonds. The van der Waals surface area contributed by atoms with E-state index in [1.54, 1.807) is 55.5 Å². The van der Waals surface area contributed by atoms with Crippen LogP contribution in [0.3, 0.4) is 0 Å². The number of aliphatic hydroxyl groups excluding tert-OH is 12. The summed E-state index contributed by atoms with van der Waals surface area (Å²) in [5.74, 6) is -1.17. The molecule has 0 rings (SSSR count). The summed E-state index contributed by atoms with van der Waals surface area (Å²) in [5, 5.41) is 128. The van der Waals surface area contributed by atoms with Gasteiger partial charge in [-0.25, -0.2) is 0 Å². The number of Topliss-reactive ketones (excluding diaryl/α,β-unsaturated/α-hetero) is 1. The zero-order valence-corrected chi connectivity index (χ0v) is 48.8. The molecule has 454 valence electrons. The van der Waals surface area contributed by atoms with Crippen LogP contribution in [0.15, 0.2) is 151 Å². The minimum Gasteiger partial charge on any atom is -0.393 e. The Hall–Kier alpha value is -4.66. The Morgan fingerprint density at radius 1 is 0.537 bits per heavy atom. The molecule has 0 heterocycles. The maximum Gasteiger partial charge on any atom is 0.188 e. The third kappa shape index (κ3) is 43.1.